The second-order valence-electron chi connectivity index (χ2n) is 8.47. The maximum absolute atomic E-state index is 12.9. The molecule has 0 radical (unpaired) electrons. The van der Waals surface area contributed by atoms with Crippen LogP contribution in [-0.2, 0) is 30.2 Å². The molecule has 2 aromatic rings. The van der Waals surface area contributed by atoms with Crippen LogP contribution in [0.2, 0.25) is 0 Å². The topological polar surface area (TPSA) is 104 Å². The van der Waals surface area contributed by atoms with Gasteiger partial charge in [0.2, 0.25) is 6.41 Å². The summed E-state index contributed by atoms with van der Waals surface area (Å²) in [6, 6.07) is 7.32. The lowest BCUT2D eigenvalue weighted by Crippen LogP contribution is -2.50. The van der Waals surface area contributed by atoms with Crippen molar-refractivity contribution in [3.63, 3.8) is 0 Å². The third kappa shape index (κ3) is 5.43. The van der Waals surface area contributed by atoms with Gasteiger partial charge in [-0.3, -0.25) is 9.78 Å². The van der Waals surface area contributed by atoms with Gasteiger partial charge < -0.3 is 23.8 Å². The number of esters is 2. The summed E-state index contributed by atoms with van der Waals surface area (Å²) in [7, 11) is 1.59. The van der Waals surface area contributed by atoms with Gasteiger partial charge in [0, 0.05) is 57.4 Å². The molecule has 2 aliphatic rings. The first-order valence-electron chi connectivity index (χ1n) is 11.3. The van der Waals surface area contributed by atoms with Gasteiger partial charge in [0.1, 0.15) is 12.2 Å². The van der Waals surface area contributed by atoms with Crippen molar-refractivity contribution in [3.05, 3.63) is 53.3 Å². The lowest BCUT2D eigenvalue weighted by atomic mass is 9.81. The monoisotopic (exact) mass is 468 g/mol. The van der Waals surface area contributed by atoms with Crippen LogP contribution in [0.15, 0.2) is 36.7 Å². The number of likely N-dealkylation sites (tertiary alicyclic amines) is 1. The second kappa shape index (κ2) is 10.8. The van der Waals surface area contributed by atoms with E-state index in [4.69, 9.17) is 18.9 Å². The van der Waals surface area contributed by atoms with Crippen LogP contribution in [-0.4, -0.2) is 80.5 Å². The zero-order valence-corrected chi connectivity index (χ0v) is 19.2. The number of piperidine rings is 1. The molecule has 1 spiro atoms. The first kappa shape index (κ1) is 23.8. The molecule has 0 saturated carbocycles. The van der Waals surface area contributed by atoms with E-state index in [-0.39, 0.29) is 19.2 Å². The smallest absolute Gasteiger partial charge is 0.339 e. The fourth-order valence-electron chi connectivity index (χ4n) is 4.28. The van der Waals surface area contributed by atoms with Gasteiger partial charge in [0.05, 0.1) is 30.9 Å². The van der Waals surface area contributed by atoms with Crippen molar-refractivity contribution < 1.29 is 33.3 Å². The van der Waals surface area contributed by atoms with E-state index in [0.29, 0.717) is 62.3 Å². The van der Waals surface area contributed by atoms with Crippen LogP contribution in [0.4, 0.5) is 0 Å². The Morgan fingerprint density at radius 2 is 1.91 bits per heavy atom. The molecule has 1 aromatic heterocycles. The van der Waals surface area contributed by atoms with Crippen LogP contribution in [0.25, 0.3) is 11.1 Å². The highest BCUT2D eigenvalue weighted by Crippen LogP contribution is 2.37. The molecule has 2 aliphatic heterocycles. The van der Waals surface area contributed by atoms with Crippen molar-refractivity contribution in [3.8, 4) is 11.1 Å². The molecule has 0 bridgehead atoms. The fraction of sp³-hybridized carbons (Fsp3) is 0.440. The van der Waals surface area contributed by atoms with Gasteiger partial charge in [-0.25, -0.2) is 9.59 Å². The molecular formula is C25H28N2O7. The van der Waals surface area contributed by atoms with E-state index in [9.17, 15) is 14.4 Å². The number of amides is 1. The zero-order valence-electron chi connectivity index (χ0n) is 19.2. The summed E-state index contributed by atoms with van der Waals surface area (Å²) in [5.74, 6) is -0.856. The normalized spacial score (nSPS) is 16.6. The maximum atomic E-state index is 12.9. The molecule has 0 N–H and O–H groups in total. The molecule has 180 valence electrons. The number of hydrogen-bond donors (Lipinski definition) is 0. The van der Waals surface area contributed by atoms with Crippen molar-refractivity contribution in [2.24, 2.45) is 0 Å². The second-order valence-corrected chi connectivity index (χ2v) is 8.47. The quantitative estimate of drug-likeness (QED) is 0.314. The molecule has 1 aromatic carbocycles. The van der Waals surface area contributed by atoms with Gasteiger partial charge in [0.15, 0.2) is 0 Å². The van der Waals surface area contributed by atoms with E-state index in [1.54, 1.807) is 30.3 Å². The highest BCUT2D eigenvalue weighted by molar-refractivity contribution is 5.95. The maximum Gasteiger partial charge on any atom is 0.339 e. The molecule has 9 heteroatoms. The molecule has 34 heavy (non-hydrogen) atoms. The number of nitrogens with zero attached hydrogens (tertiary/aromatic N) is 2. The summed E-state index contributed by atoms with van der Waals surface area (Å²) in [6.45, 7) is 2.49. The molecule has 0 aliphatic carbocycles. The van der Waals surface area contributed by atoms with Crippen molar-refractivity contribution in [2.75, 3.05) is 46.6 Å². The van der Waals surface area contributed by atoms with E-state index in [0.717, 1.165) is 17.5 Å². The number of benzene rings is 1. The zero-order chi connectivity index (χ0) is 24.0. The Morgan fingerprint density at radius 1 is 1.12 bits per heavy atom. The van der Waals surface area contributed by atoms with E-state index in [1.807, 2.05) is 12.1 Å². The highest BCUT2D eigenvalue weighted by atomic mass is 16.6. The number of ether oxygens (including phenoxy) is 4. The van der Waals surface area contributed by atoms with E-state index in [2.05, 4.69) is 4.98 Å². The van der Waals surface area contributed by atoms with Gasteiger partial charge in [-0.05, 0) is 23.3 Å². The van der Waals surface area contributed by atoms with Gasteiger partial charge in [0.25, 0.3) is 0 Å². The molecule has 9 nitrogen and oxygen atoms in total. The number of carbonyl (C=O) groups excluding carboxylic acids is 3. The fourth-order valence-corrected chi connectivity index (χ4v) is 4.28. The van der Waals surface area contributed by atoms with Gasteiger partial charge >= 0.3 is 11.9 Å². The third-order valence-corrected chi connectivity index (χ3v) is 6.21. The first-order valence-corrected chi connectivity index (χ1v) is 11.3. The van der Waals surface area contributed by atoms with Crippen LogP contribution in [0.3, 0.4) is 0 Å². The van der Waals surface area contributed by atoms with Gasteiger partial charge in [-0.2, -0.15) is 0 Å². The number of carbonyl (C=O) groups is 3. The average molecular weight is 469 g/mol. The molecule has 1 amide bonds. The molecule has 0 atom stereocenters. The van der Waals surface area contributed by atoms with Crippen molar-refractivity contribution in [1.82, 2.24) is 9.88 Å². The number of hydrogen-bond acceptors (Lipinski definition) is 8. The summed E-state index contributed by atoms with van der Waals surface area (Å²) in [4.78, 5) is 42.1. The third-order valence-electron chi connectivity index (χ3n) is 6.21. The minimum Gasteiger partial charge on any atom is -0.460 e. The largest absolute Gasteiger partial charge is 0.460 e. The van der Waals surface area contributed by atoms with E-state index >= 15 is 0 Å². The summed E-state index contributed by atoms with van der Waals surface area (Å²) in [5, 5.41) is 0. The van der Waals surface area contributed by atoms with Gasteiger partial charge in [-0.1, -0.05) is 12.1 Å². The molecular weight excluding hydrogens is 440 g/mol. The van der Waals surface area contributed by atoms with Crippen LogP contribution in [0.5, 0.6) is 0 Å². The number of aromatic nitrogens is 1. The Hall–Kier alpha value is -3.30. The summed E-state index contributed by atoms with van der Waals surface area (Å²) < 4.78 is 21.3. The van der Waals surface area contributed by atoms with Crippen molar-refractivity contribution in [1.29, 1.82) is 0 Å². The van der Waals surface area contributed by atoms with Crippen molar-refractivity contribution in [2.45, 2.75) is 24.9 Å². The summed E-state index contributed by atoms with van der Waals surface area (Å²) in [6.07, 6.45) is 5.80. The minimum atomic E-state index is -0.552. The summed E-state index contributed by atoms with van der Waals surface area (Å²) >= 11 is 0. The molecule has 3 heterocycles. The number of methoxy groups -OCH3 is 1. The van der Waals surface area contributed by atoms with Crippen molar-refractivity contribution >= 4 is 18.3 Å². The van der Waals surface area contributed by atoms with Crippen LogP contribution < -0.4 is 0 Å². The Kier molecular flexibility index (Phi) is 7.54. The van der Waals surface area contributed by atoms with E-state index in [1.165, 1.54) is 6.20 Å². The minimum absolute atomic E-state index is 0.129. The molecule has 4 rings (SSSR count). The highest BCUT2D eigenvalue weighted by Gasteiger charge is 2.42. The number of fused-ring (bicyclic) bond motifs is 1. The standard InChI is InChI=1S/C25H28N2O7/c1-31-8-9-32-10-11-33-23(29)21-12-20(15-26-16-21)18-2-3-19-14-25(34-24(30)22(19)13-18)4-6-27(17-28)7-5-25/h2-3,12-13,15-17H,4-11,14H2,1H3. The molecule has 1 saturated heterocycles. The Labute approximate surface area is 198 Å². The molecule has 0 unspecified atom stereocenters. The van der Waals surface area contributed by atoms with E-state index < -0.39 is 11.6 Å². The lowest BCUT2D eigenvalue weighted by molar-refractivity contribution is -0.122. The van der Waals surface area contributed by atoms with Crippen LogP contribution >= 0.6 is 0 Å². The van der Waals surface area contributed by atoms with Crippen LogP contribution in [0.1, 0.15) is 39.1 Å². The van der Waals surface area contributed by atoms with Gasteiger partial charge in [-0.15, -0.1) is 0 Å². The first-order chi connectivity index (χ1) is 16.5. The Bertz CT molecular complexity index is 1050. The predicted octanol–water partition coefficient (Wildman–Crippen LogP) is 2.27. The van der Waals surface area contributed by atoms with Crippen LogP contribution in [0, 0.1) is 0 Å². The predicted molar refractivity (Wildman–Crippen MR) is 121 cm³/mol. The summed E-state index contributed by atoms with van der Waals surface area (Å²) in [5.41, 5.74) is 2.66. The lowest BCUT2D eigenvalue weighted by Gasteiger charge is -2.42. The number of rotatable bonds is 9. The number of pyridine rings is 1. The SMILES string of the molecule is COCCOCCOC(=O)c1cncc(-c2ccc3c(c2)C(=O)OC2(CCN(C=O)CC2)C3)c1. The molecule has 1 fully saturated rings. The average Bonchev–Trinajstić information content (AvgIpc) is 2.86. The Morgan fingerprint density at radius 3 is 2.68 bits per heavy atom. The Balaban J connectivity index is 1.43.